The van der Waals surface area contributed by atoms with Gasteiger partial charge in [0.2, 0.25) is 5.91 Å². The summed E-state index contributed by atoms with van der Waals surface area (Å²) in [4.78, 5) is 13.9. The number of rotatable bonds is 4. The Morgan fingerprint density at radius 2 is 1.81 bits per heavy atom. The van der Waals surface area contributed by atoms with Crippen molar-refractivity contribution in [2.75, 3.05) is 6.54 Å². The van der Waals surface area contributed by atoms with Crippen LogP contribution in [0, 0.1) is 0 Å². The zero-order valence-electron chi connectivity index (χ0n) is 12.1. The van der Waals surface area contributed by atoms with E-state index in [1.807, 2.05) is 13.8 Å². The van der Waals surface area contributed by atoms with Crippen LogP contribution in [0.25, 0.3) is 0 Å². The molecular weight excluding hydrogens is 281 g/mol. The average Bonchev–Trinajstić information content (AvgIpc) is 2.76. The number of carbonyl (C=O) groups is 1. The number of benzene rings is 1. The van der Waals surface area contributed by atoms with Crippen LogP contribution < -0.4 is 5.32 Å². The molecule has 6 heteroatoms. The zero-order chi connectivity index (χ0) is 15.6. The maximum Gasteiger partial charge on any atom is 0.416 e. The van der Waals surface area contributed by atoms with Gasteiger partial charge in [0.25, 0.3) is 0 Å². The van der Waals surface area contributed by atoms with Gasteiger partial charge >= 0.3 is 6.18 Å². The molecule has 1 aliphatic rings. The molecule has 1 amide bonds. The van der Waals surface area contributed by atoms with Gasteiger partial charge in [0.15, 0.2) is 0 Å². The monoisotopic (exact) mass is 300 g/mol. The van der Waals surface area contributed by atoms with Gasteiger partial charge in [-0.25, -0.2) is 0 Å². The minimum Gasteiger partial charge on any atom is -0.322 e. The molecule has 0 aromatic heterocycles. The van der Waals surface area contributed by atoms with E-state index in [1.54, 1.807) is 4.90 Å². The van der Waals surface area contributed by atoms with Crippen LogP contribution in [-0.2, 0) is 11.0 Å². The molecular formula is C15H19F3N2O. The van der Waals surface area contributed by atoms with Crippen molar-refractivity contribution in [1.82, 2.24) is 10.2 Å². The molecule has 0 radical (unpaired) electrons. The van der Waals surface area contributed by atoms with Crippen LogP contribution in [0.15, 0.2) is 24.3 Å². The summed E-state index contributed by atoms with van der Waals surface area (Å²) in [5.74, 6) is 0.0178. The Balaban J connectivity index is 2.25. The third kappa shape index (κ3) is 3.20. The van der Waals surface area contributed by atoms with Gasteiger partial charge in [0, 0.05) is 6.54 Å². The Kier molecular flexibility index (Phi) is 4.56. The molecule has 0 saturated carbocycles. The molecule has 2 rings (SSSR count). The zero-order valence-corrected chi connectivity index (χ0v) is 12.1. The Bertz CT molecular complexity index is 499. The molecule has 2 atom stereocenters. The predicted octanol–water partition coefficient (Wildman–Crippen LogP) is 3.32. The van der Waals surface area contributed by atoms with Crippen LogP contribution in [0.1, 0.15) is 44.0 Å². The molecule has 0 spiro atoms. The van der Waals surface area contributed by atoms with Crippen molar-refractivity contribution in [3.63, 3.8) is 0 Å². The van der Waals surface area contributed by atoms with Gasteiger partial charge in [0.1, 0.15) is 6.17 Å². The number of alkyl halides is 3. The second kappa shape index (κ2) is 6.05. The van der Waals surface area contributed by atoms with E-state index in [2.05, 4.69) is 5.32 Å². The minimum absolute atomic E-state index is 0.0178. The maximum atomic E-state index is 12.6. The van der Waals surface area contributed by atoms with Crippen LogP contribution in [0.3, 0.4) is 0 Å². The third-order valence-electron chi connectivity index (χ3n) is 3.68. The first-order valence-electron chi connectivity index (χ1n) is 7.12. The van der Waals surface area contributed by atoms with E-state index >= 15 is 0 Å². The highest BCUT2D eigenvalue weighted by atomic mass is 19.4. The van der Waals surface area contributed by atoms with E-state index in [9.17, 15) is 18.0 Å². The van der Waals surface area contributed by atoms with E-state index in [4.69, 9.17) is 0 Å². The number of hydrogen-bond acceptors (Lipinski definition) is 2. The van der Waals surface area contributed by atoms with Crippen LogP contribution in [0.2, 0.25) is 0 Å². The summed E-state index contributed by atoms with van der Waals surface area (Å²) in [5.41, 5.74) is 0.00501. The van der Waals surface area contributed by atoms with E-state index in [0.717, 1.165) is 18.6 Å². The molecule has 0 bridgehead atoms. The van der Waals surface area contributed by atoms with E-state index in [1.165, 1.54) is 12.1 Å². The molecule has 2 unspecified atom stereocenters. The molecule has 1 aromatic carbocycles. The largest absolute Gasteiger partial charge is 0.416 e. The van der Waals surface area contributed by atoms with Gasteiger partial charge in [-0.05, 0) is 30.5 Å². The smallest absolute Gasteiger partial charge is 0.322 e. The van der Waals surface area contributed by atoms with Crippen molar-refractivity contribution in [3.05, 3.63) is 35.4 Å². The Morgan fingerprint density at radius 3 is 2.29 bits per heavy atom. The van der Waals surface area contributed by atoms with Gasteiger partial charge in [-0.15, -0.1) is 0 Å². The second-order valence-corrected chi connectivity index (χ2v) is 5.18. The molecule has 1 aromatic rings. The summed E-state index contributed by atoms with van der Waals surface area (Å²) >= 11 is 0. The molecule has 1 fully saturated rings. The van der Waals surface area contributed by atoms with E-state index in [0.29, 0.717) is 18.5 Å². The molecule has 1 N–H and O–H groups in total. The van der Waals surface area contributed by atoms with Crippen LogP contribution >= 0.6 is 0 Å². The number of halogens is 3. The summed E-state index contributed by atoms with van der Waals surface area (Å²) in [6.45, 7) is 4.47. The lowest BCUT2D eigenvalue weighted by Crippen LogP contribution is -2.31. The van der Waals surface area contributed by atoms with Gasteiger partial charge in [-0.2, -0.15) is 13.2 Å². The summed E-state index contributed by atoms with van der Waals surface area (Å²) in [6, 6.07) is 4.74. The summed E-state index contributed by atoms with van der Waals surface area (Å²) in [7, 11) is 0. The van der Waals surface area contributed by atoms with Crippen molar-refractivity contribution in [2.45, 2.75) is 45.1 Å². The van der Waals surface area contributed by atoms with Gasteiger partial charge in [-0.1, -0.05) is 26.0 Å². The standard InChI is InChI=1S/C15H19F3N2O/c1-3-9-20-13(19-12(4-2)14(20)21)10-5-7-11(8-6-10)15(16,17)18/h5-8,12-13,19H,3-4,9H2,1-2H3. The van der Waals surface area contributed by atoms with Gasteiger partial charge in [-0.3, -0.25) is 10.1 Å². The number of hydrogen-bond donors (Lipinski definition) is 1. The molecule has 3 nitrogen and oxygen atoms in total. The highest BCUT2D eigenvalue weighted by Crippen LogP contribution is 2.32. The topological polar surface area (TPSA) is 32.3 Å². The normalized spacial score (nSPS) is 22.9. The number of nitrogens with zero attached hydrogens (tertiary/aromatic N) is 1. The summed E-state index contributed by atoms with van der Waals surface area (Å²) in [6.07, 6.45) is -3.21. The fourth-order valence-electron chi connectivity index (χ4n) is 2.58. The van der Waals surface area contributed by atoms with Crippen LogP contribution in [0.4, 0.5) is 13.2 Å². The molecule has 21 heavy (non-hydrogen) atoms. The Labute approximate surface area is 122 Å². The molecule has 1 saturated heterocycles. The lowest BCUT2D eigenvalue weighted by molar-refractivity contribution is -0.137. The first kappa shape index (κ1) is 15.8. The first-order chi connectivity index (χ1) is 9.88. The molecule has 116 valence electrons. The highest BCUT2D eigenvalue weighted by Gasteiger charge is 2.38. The van der Waals surface area contributed by atoms with Gasteiger partial charge < -0.3 is 4.90 Å². The van der Waals surface area contributed by atoms with Gasteiger partial charge in [0.05, 0.1) is 11.6 Å². The third-order valence-corrected chi connectivity index (χ3v) is 3.68. The average molecular weight is 300 g/mol. The lowest BCUT2D eigenvalue weighted by Gasteiger charge is -2.24. The van der Waals surface area contributed by atoms with E-state index in [-0.39, 0.29) is 18.1 Å². The fraction of sp³-hybridized carbons (Fsp3) is 0.533. The van der Waals surface area contributed by atoms with Crippen molar-refractivity contribution in [2.24, 2.45) is 0 Å². The van der Waals surface area contributed by atoms with Crippen molar-refractivity contribution in [3.8, 4) is 0 Å². The lowest BCUT2D eigenvalue weighted by atomic mass is 10.1. The van der Waals surface area contributed by atoms with Crippen LogP contribution in [-0.4, -0.2) is 23.4 Å². The summed E-state index contributed by atoms with van der Waals surface area (Å²) in [5, 5.41) is 3.19. The number of carbonyl (C=O) groups excluding carboxylic acids is 1. The van der Waals surface area contributed by atoms with Crippen molar-refractivity contribution >= 4 is 5.91 Å². The first-order valence-corrected chi connectivity index (χ1v) is 7.12. The fourth-order valence-corrected chi connectivity index (χ4v) is 2.58. The Hall–Kier alpha value is -1.56. The maximum absolute atomic E-state index is 12.6. The molecule has 1 heterocycles. The summed E-state index contributed by atoms with van der Waals surface area (Å²) < 4.78 is 37.8. The Morgan fingerprint density at radius 1 is 1.19 bits per heavy atom. The molecule has 0 aliphatic carbocycles. The quantitative estimate of drug-likeness (QED) is 0.925. The highest BCUT2D eigenvalue weighted by molar-refractivity contribution is 5.84. The number of nitrogens with one attached hydrogen (secondary N) is 1. The van der Waals surface area contributed by atoms with Crippen molar-refractivity contribution < 1.29 is 18.0 Å². The minimum atomic E-state index is -4.34. The SMILES string of the molecule is CCCN1C(=O)C(CC)NC1c1ccc(C(F)(F)F)cc1. The number of amides is 1. The van der Waals surface area contributed by atoms with E-state index < -0.39 is 11.7 Å². The van der Waals surface area contributed by atoms with Crippen molar-refractivity contribution in [1.29, 1.82) is 0 Å². The molecule has 1 aliphatic heterocycles. The predicted molar refractivity (Wildman–Crippen MR) is 73.4 cm³/mol. The van der Waals surface area contributed by atoms with Crippen LogP contribution in [0.5, 0.6) is 0 Å². The second-order valence-electron chi connectivity index (χ2n) is 5.18.